The number of hydrogen-bond donors (Lipinski definition) is 1. The zero-order valence-electron chi connectivity index (χ0n) is 11.2. The Morgan fingerprint density at radius 3 is 2.83 bits per heavy atom. The van der Waals surface area contributed by atoms with Crippen molar-refractivity contribution >= 4 is 29.5 Å². The molecule has 1 fully saturated rings. The molecule has 1 N–H and O–H groups in total. The predicted molar refractivity (Wildman–Crippen MR) is 77.6 cm³/mol. The van der Waals surface area contributed by atoms with Gasteiger partial charge in [0.05, 0.1) is 6.42 Å². The molecule has 0 aromatic carbocycles. The first-order valence-electron chi connectivity index (χ1n) is 6.52. The van der Waals surface area contributed by atoms with Gasteiger partial charge in [-0.2, -0.15) is 0 Å². The SMILES string of the molecule is CCC1CCC(C)N1C(=O)Cc1sc(=S)[nH]c1C. The van der Waals surface area contributed by atoms with Crippen LogP contribution in [0.4, 0.5) is 0 Å². The van der Waals surface area contributed by atoms with Crippen LogP contribution in [0.3, 0.4) is 0 Å². The van der Waals surface area contributed by atoms with Gasteiger partial charge in [-0.3, -0.25) is 4.79 Å². The summed E-state index contributed by atoms with van der Waals surface area (Å²) in [6, 6.07) is 0.814. The molecular weight excluding hydrogens is 264 g/mol. The highest BCUT2D eigenvalue weighted by atomic mass is 32.1. The van der Waals surface area contributed by atoms with E-state index in [0.717, 1.165) is 33.8 Å². The average molecular weight is 284 g/mol. The fraction of sp³-hybridized carbons (Fsp3) is 0.692. The molecule has 2 unspecified atom stereocenters. The summed E-state index contributed by atoms with van der Waals surface area (Å²) >= 11 is 6.64. The molecule has 5 heteroatoms. The number of carbonyl (C=O) groups is 1. The van der Waals surface area contributed by atoms with Crippen molar-refractivity contribution in [1.82, 2.24) is 9.88 Å². The van der Waals surface area contributed by atoms with E-state index in [2.05, 4.69) is 23.7 Å². The molecule has 0 aliphatic carbocycles. The second-order valence-electron chi connectivity index (χ2n) is 5.03. The van der Waals surface area contributed by atoms with E-state index in [9.17, 15) is 4.79 Å². The van der Waals surface area contributed by atoms with E-state index >= 15 is 0 Å². The van der Waals surface area contributed by atoms with Crippen molar-refractivity contribution in [2.75, 3.05) is 0 Å². The number of aryl methyl sites for hydroxylation is 1. The fourth-order valence-corrected chi connectivity index (χ4v) is 4.04. The number of H-pyrrole nitrogens is 1. The number of aromatic amines is 1. The van der Waals surface area contributed by atoms with E-state index in [1.807, 2.05) is 6.92 Å². The number of hydrogen-bond acceptors (Lipinski definition) is 3. The second-order valence-corrected chi connectivity index (χ2v) is 6.80. The van der Waals surface area contributed by atoms with Crippen LogP contribution in [0.5, 0.6) is 0 Å². The number of carbonyl (C=O) groups excluding carboxylic acids is 1. The van der Waals surface area contributed by atoms with Crippen molar-refractivity contribution in [3.05, 3.63) is 14.5 Å². The lowest BCUT2D eigenvalue weighted by molar-refractivity contribution is -0.133. The minimum absolute atomic E-state index is 0.250. The van der Waals surface area contributed by atoms with Gasteiger partial charge in [0.2, 0.25) is 5.91 Å². The van der Waals surface area contributed by atoms with Gasteiger partial charge in [0.1, 0.15) is 0 Å². The quantitative estimate of drug-likeness (QED) is 0.863. The smallest absolute Gasteiger partial charge is 0.228 e. The van der Waals surface area contributed by atoms with Gasteiger partial charge in [-0.05, 0) is 45.3 Å². The summed E-state index contributed by atoms with van der Waals surface area (Å²) in [4.78, 5) is 18.7. The summed E-state index contributed by atoms with van der Waals surface area (Å²) in [5.41, 5.74) is 1.04. The third-order valence-corrected chi connectivity index (χ3v) is 5.12. The third-order valence-electron chi connectivity index (χ3n) is 3.78. The summed E-state index contributed by atoms with van der Waals surface area (Å²) in [5.74, 6) is 0.250. The van der Waals surface area contributed by atoms with Crippen LogP contribution >= 0.6 is 23.6 Å². The molecule has 2 atom stereocenters. The topological polar surface area (TPSA) is 36.1 Å². The van der Waals surface area contributed by atoms with Crippen LogP contribution in [0.2, 0.25) is 0 Å². The van der Waals surface area contributed by atoms with Gasteiger partial charge in [-0.25, -0.2) is 0 Å². The van der Waals surface area contributed by atoms with Crippen molar-refractivity contribution in [3.8, 4) is 0 Å². The largest absolute Gasteiger partial charge is 0.341 e. The van der Waals surface area contributed by atoms with Crippen LogP contribution in [0, 0.1) is 10.9 Å². The summed E-state index contributed by atoms with van der Waals surface area (Å²) in [7, 11) is 0. The molecule has 0 spiro atoms. The molecule has 1 amide bonds. The molecule has 1 saturated heterocycles. The number of rotatable bonds is 3. The van der Waals surface area contributed by atoms with Crippen molar-refractivity contribution in [3.63, 3.8) is 0 Å². The molecular formula is C13H20N2OS2. The monoisotopic (exact) mass is 284 g/mol. The lowest BCUT2D eigenvalue weighted by Crippen LogP contribution is -2.40. The Labute approximate surface area is 117 Å². The molecule has 2 rings (SSSR count). The van der Waals surface area contributed by atoms with Crippen LogP contribution in [0.15, 0.2) is 0 Å². The Hall–Kier alpha value is -0.680. The van der Waals surface area contributed by atoms with E-state index in [1.165, 1.54) is 11.3 Å². The molecule has 0 bridgehead atoms. The summed E-state index contributed by atoms with van der Waals surface area (Å²) in [6.07, 6.45) is 3.82. The van der Waals surface area contributed by atoms with E-state index < -0.39 is 0 Å². The molecule has 1 aliphatic heterocycles. The minimum Gasteiger partial charge on any atom is -0.341 e. The number of amides is 1. The zero-order chi connectivity index (χ0) is 13.3. The lowest BCUT2D eigenvalue weighted by Gasteiger charge is -2.28. The summed E-state index contributed by atoms with van der Waals surface area (Å²) < 4.78 is 0.761. The second kappa shape index (κ2) is 5.53. The lowest BCUT2D eigenvalue weighted by atomic mass is 10.1. The van der Waals surface area contributed by atoms with Crippen molar-refractivity contribution in [2.45, 2.75) is 58.5 Å². The van der Waals surface area contributed by atoms with E-state index in [0.29, 0.717) is 18.5 Å². The highest BCUT2D eigenvalue weighted by Gasteiger charge is 2.33. The molecule has 0 radical (unpaired) electrons. The maximum absolute atomic E-state index is 12.4. The van der Waals surface area contributed by atoms with Crippen LogP contribution in [0.1, 0.15) is 43.7 Å². The van der Waals surface area contributed by atoms with Gasteiger partial charge in [0.25, 0.3) is 0 Å². The molecule has 18 heavy (non-hydrogen) atoms. The molecule has 1 aliphatic rings. The maximum atomic E-state index is 12.4. The molecule has 100 valence electrons. The molecule has 1 aromatic rings. The Balaban J connectivity index is 2.12. The van der Waals surface area contributed by atoms with Gasteiger partial charge in [0, 0.05) is 22.7 Å². The van der Waals surface area contributed by atoms with Crippen molar-refractivity contribution in [2.24, 2.45) is 0 Å². The van der Waals surface area contributed by atoms with Crippen LogP contribution < -0.4 is 0 Å². The first kappa shape index (κ1) is 13.7. The molecule has 2 heterocycles. The number of nitrogens with zero attached hydrogens (tertiary/aromatic N) is 1. The van der Waals surface area contributed by atoms with Gasteiger partial charge >= 0.3 is 0 Å². The Morgan fingerprint density at radius 2 is 2.28 bits per heavy atom. The molecule has 3 nitrogen and oxygen atoms in total. The maximum Gasteiger partial charge on any atom is 0.228 e. The highest BCUT2D eigenvalue weighted by Crippen LogP contribution is 2.27. The normalized spacial score (nSPS) is 23.6. The molecule has 1 aromatic heterocycles. The fourth-order valence-electron chi connectivity index (χ4n) is 2.76. The molecule has 0 saturated carbocycles. The van der Waals surface area contributed by atoms with E-state index in [1.54, 1.807) is 0 Å². The van der Waals surface area contributed by atoms with Crippen LogP contribution in [-0.4, -0.2) is 27.9 Å². The Morgan fingerprint density at radius 1 is 1.56 bits per heavy atom. The first-order chi connectivity index (χ1) is 8.52. The number of aromatic nitrogens is 1. The average Bonchev–Trinajstić information content (AvgIpc) is 2.82. The first-order valence-corrected chi connectivity index (χ1v) is 7.75. The zero-order valence-corrected chi connectivity index (χ0v) is 12.8. The predicted octanol–water partition coefficient (Wildman–Crippen LogP) is 3.45. The Bertz CT molecular complexity index is 491. The van der Waals surface area contributed by atoms with Crippen LogP contribution in [0.25, 0.3) is 0 Å². The minimum atomic E-state index is 0.250. The highest BCUT2D eigenvalue weighted by molar-refractivity contribution is 7.73. The van der Waals surface area contributed by atoms with Crippen LogP contribution in [-0.2, 0) is 11.2 Å². The van der Waals surface area contributed by atoms with Crippen molar-refractivity contribution < 1.29 is 4.79 Å². The Kier molecular flexibility index (Phi) is 4.22. The summed E-state index contributed by atoms with van der Waals surface area (Å²) in [6.45, 7) is 6.30. The van der Waals surface area contributed by atoms with Gasteiger partial charge in [0.15, 0.2) is 3.95 Å². The van der Waals surface area contributed by atoms with Gasteiger partial charge in [-0.15, -0.1) is 11.3 Å². The van der Waals surface area contributed by atoms with E-state index in [4.69, 9.17) is 12.2 Å². The van der Waals surface area contributed by atoms with Gasteiger partial charge < -0.3 is 9.88 Å². The number of likely N-dealkylation sites (tertiary alicyclic amines) is 1. The summed E-state index contributed by atoms with van der Waals surface area (Å²) in [5, 5.41) is 0. The standard InChI is InChI=1S/C13H20N2OS2/c1-4-10-6-5-8(2)15(10)12(16)7-11-9(3)14-13(17)18-11/h8,10H,4-7H2,1-3H3,(H,14,17). The number of thiazole rings is 1. The van der Waals surface area contributed by atoms with Gasteiger partial charge in [-0.1, -0.05) is 6.92 Å². The number of nitrogens with one attached hydrogen (secondary N) is 1. The van der Waals surface area contributed by atoms with Crippen molar-refractivity contribution in [1.29, 1.82) is 0 Å². The van der Waals surface area contributed by atoms with E-state index in [-0.39, 0.29) is 5.91 Å². The third kappa shape index (κ3) is 2.67.